The molecule has 0 radical (unpaired) electrons. The van der Waals surface area contributed by atoms with Crippen LogP contribution < -0.4 is 10.6 Å². The Balaban J connectivity index is 2.62. The molecule has 1 atom stereocenters. The number of hydrogen-bond donors (Lipinski definition) is 3. The standard InChI is InChI=1S/C10H15N3O4S/c1-7(14)5-12-10(15)13-8-3-4-9(11-6-8)18(2,16)17/h3-4,6-7,14H,5H2,1-2H3,(H2,12,13,15)/t7-/m1/s1. The summed E-state index contributed by atoms with van der Waals surface area (Å²) in [7, 11) is -3.34. The highest BCUT2D eigenvalue weighted by Gasteiger charge is 2.09. The van der Waals surface area contributed by atoms with Crippen LogP contribution in [0.5, 0.6) is 0 Å². The Kier molecular flexibility index (Phi) is 4.62. The van der Waals surface area contributed by atoms with Crippen LogP contribution in [0.4, 0.5) is 10.5 Å². The summed E-state index contributed by atoms with van der Waals surface area (Å²) in [6.45, 7) is 1.67. The summed E-state index contributed by atoms with van der Waals surface area (Å²) < 4.78 is 22.3. The molecule has 1 heterocycles. The number of nitrogens with one attached hydrogen (secondary N) is 2. The Labute approximate surface area is 105 Å². The van der Waals surface area contributed by atoms with Crippen molar-refractivity contribution in [2.45, 2.75) is 18.1 Å². The highest BCUT2D eigenvalue weighted by Crippen LogP contribution is 2.09. The van der Waals surface area contributed by atoms with Crippen molar-refractivity contribution < 1.29 is 18.3 Å². The van der Waals surface area contributed by atoms with Crippen molar-refractivity contribution in [2.75, 3.05) is 18.1 Å². The fourth-order valence-corrected chi connectivity index (χ4v) is 1.65. The average molecular weight is 273 g/mol. The lowest BCUT2D eigenvalue weighted by Crippen LogP contribution is -2.34. The zero-order valence-electron chi connectivity index (χ0n) is 10.0. The maximum Gasteiger partial charge on any atom is 0.319 e. The molecule has 7 nitrogen and oxygen atoms in total. The molecule has 0 spiro atoms. The summed E-state index contributed by atoms with van der Waals surface area (Å²) in [4.78, 5) is 15.0. The van der Waals surface area contributed by atoms with Gasteiger partial charge < -0.3 is 15.7 Å². The van der Waals surface area contributed by atoms with E-state index >= 15 is 0 Å². The second kappa shape index (κ2) is 5.78. The molecule has 0 aliphatic carbocycles. The number of hydrogen-bond acceptors (Lipinski definition) is 5. The van der Waals surface area contributed by atoms with E-state index in [2.05, 4.69) is 15.6 Å². The Morgan fingerprint density at radius 2 is 2.17 bits per heavy atom. The van der Waals surface area contributed by atoms with Crippen LogP contribution in [0, 0.1) is 0 Å². The molecule has 0 bridgehead atoms. The minimum atomic E-state index is -3.34. The van der Waals surface area contributed by atoms with Crippen LogP contribution >= 0.6 is 0 Å². The maximum atomic E-state index is 11.3. The third kappa shape index (κ3) is 4.68. The predicted molar refractivity (Wildman–Crippen MR) is 66.0 cm³/mol. The van der Waals surface area contributed by atoms with Crippen LogP contribution in [0.1, 0.15) is 6.92 Å². The molecule has 0 aliphatic rings. The smallest absolute Gasteiger partial charge is 0.319 e. The number of rotatable bonds is 4. The van der Waals surface area contributed by atoms with Crippen LogP contribution in [-0.4, -0.2) is 43.4 Å². The van der Waals surface area contributed by atoms with Gasteiger partial charge in [-0.2, -0.15) is 0 Å². The number of aliphatic hydroxyl groups excluding tert-OH is 1. The number of aromatic nitrogens is 1. The van der Waals surface area contributed by atoms with Crippen molar-refractivity contribution in [1.29, 1.82) is 0 Å². The molecule has 0 aromatic carbocycles. The molecule has 0 fully saturated rings. The molecular weight excluding hydrogens is 258 g/mol. The number of pyridine rings is 1. The first kappa shape index (κ1) is 14.4. The number of nitrogens with zero attached hydrogens (tertiary/aromatic N) is 1. The van der Waals surface area contributed by atoms with Gasteiger partial charge in [0.1, 0.15) is 0 Å². The van der Waals surface area contributed by atoms with Gasteiger partial charge in [0.2, 0.25) is 0 Å². The number of carbonyl (C=O) groups excluding carboxylic acids is 1. The number of urea groups is 1. The van der Waals surface area contributed by atoms with Crippen LogP contribution in [0.25, 0.3) is 0 Å². The monoisotopic (exact) mass is 273 g/mol. The van der Waals surface area contributed by atoms with Crippen molar-refractivity contribution in [3.63, 3.8) is 0 Å². The molecule has 0 unspecified atom stereocenters. The number of carbonyl (C=O) groups is 1. The second-order valence-corrected chi connectivity index (χ2v) is 5.80. The quantitative estimate of drug-likeness (QED) is 0.715. The Hall–Kier alpha value is -1.67. The lowest BCUT2D eigenvalue weighted by molar-refractivity contribution is 0.190. The average Bonchev–Trinajstić information content (AvgIpc) is 2.26. The first-order valence-electron chi connectivity index (χ1n) is 5.18. The lowest BCUT2D eigenvalue weighted by atomic mass is 10.4. The number of amides is 2. The van der Waals surface area contributed by atoms with Crippen LogP contribution in [0.15, 0.2) is 23.4 Å². The number of aliphatic hydroxyl groups is 1. The van der Waals surface area contributed by atoms with Crippen LogP contribution in [0.2, 0.25) is 0 Å². The van der Waals surface area contributed by atoms with E-state index in [0.717, 1.165) is 6.26 Å². The highest BCUT2D eigenvalue weighted by atomic mass is 32.2. The molecule has 18 heavy (non-hydrogen) atoms. The summed E-state index contributed by atoms with van der Waals surface area (Å²) in [5.41, 5.74) is 0.366. The third-order valence-electron chi connectivity index (χ3n) is 1.93. The largest absolute Gasteiger partial charge is 0.392 e. The molecule has 1 aromatic rings. The maximum absolute atomic E-state index is 11.3. The second-order valence-electron chi connectivity index (χ2n) is 3.84. The lowest BCUT2D eigenvalue weighted by Gasteiger charge is -2.08. The summed E-state index contributed by atoms with van der Waals surface area (Å²) in [5.74, 6) is 0. The van der Waals surface area contributed by atoms with E-state index in [4.69, 9.17) is 5.11 Å². The van der Waals surface area contributed by atoms with Crippen LogP contribution in [0.3, 0.4) is 0 Å². The summed E-state index contributed by atoms with van der Waals surface area (Å²) >= 11 is 0. The van der Waals surface area contributed by atoms with Gasteiger partial charge in [0.15, 0.2) is 14.9 Å². The van der Waals surface area contributed by atoms with E-state index in [-0.39, 0.29) is 11.6 Å². The number of anilines is 1. The minimum absolute atomic E-state index is 0.0579. The molecule has 8 heteroatoms. The SMILES string of the molecule is C[C@@H](O)CNC(=O)Nc1ccc(S(C)(=O)=O)nc1. The van der Waals surface area contributed by atoms with Gasteiger partial charge in [0.25, 0.3) is 0 Å². The number of sulfone groups is 1. The van der Waals surface area contributed by atoms with Crippen LogP contribution in [-0.2, 0) is 9.84 Å². The van der Waals surface area contributed by atoms with Crippen molar-refractivity contribution in [2.24, 2.45) is 0 Å². The van der Waals surface area contributed by atoms with E-state index < -0.39 is 22.0 Å². The predicted octanol–water partition coefficient (Wildman–Crippen LogP) is -0.0126. The first-order chi connectivity index (χ1) is 8.29. The molecular formula is C10H15N3O4S. The minimum Gasteiger partial charge on any atom is -0.392 e. The molecule has 1 rings (SSSR count). The van der Waals surface area contributed by atoms with Gasteiger partial charge in [-0.05, 0) is 19.1 Å². The van der Waals surface area contributed by atoms with Crippen molar-refractivity contribution in [3.8, 4) is 0 Å². The topological polar surface area (TPSA) is 108 Å². The molecule has 0 saturated carbocycles. The molecule has 0 aliphatic heterocycles. The molecule has 3 N–H and O–H groups in total. The first-order valence-corrected chi connectivity index (χ1v) is 7.07. The van der Waals surface area contributed by atoms with Crippen molar-refractivity contribution in [1.82, 2.24) is 10.3 Å². The molecule has 100 valence electrons. The zero-order chi connectivity index (χ0) is 13.8. The summed E-state index contributed by atoms with van der Waals surface area (Å²) in [6, 6.07) is 2.25. The van der Waals surface area contributed by atoms with E-state index in [9.17, 15) is 13.2 Å². The van der Waals surface area contributed by atoms with E-state index in [0.29, 0.717) is 5.69 Å². The highest BCUT2D eigenvalue weighted by molar-refractivity contribution is 7.90. The van der Waals surface area contributed by atoms with Gasteiger partial charge in [-0.25, -0.2) is 18.2 Å². The van der Waals surface area contributed by atoms with Gasteiger partial charge in [-0.1, -0.05) is 0 Å². The fourth-order valence-electron chi connectivity index (χ4n) is 1.09. The fraction of sp³-hybridized carbons (Fsp3) is 0.400. The Morgan fingerprint density at radius 1 is 1.50 bits per heavy atom. The summed E-state index contributed by atoms with van der Waals surface area (Å²) in [5, 5.41) is 13.8. The van der Waals surface area contributed by atoms with Gasteiger partial charge in [0.05, 0.1) is 18.0 Å². The summed E-state index contributed by atoms with van der Waals surface area (Å²) in [6.07, 6.45) is 1.66. The molecule has 1 aromatic heterocycles. The van der Waals surface area contributed by atoms with Gasteiger partial charge in [-0.3, -0.25) is 0 Å². The zero-order valence-corrected chi connectivity index (χ0v) is 10.9. The molecule has 2 amide bonds. The molecule has 0 saturated heterocycles. The van der Waals surface area contributed by atoms with E-state index in [1.807, 2.05) is 0 Å². The normalized spacial score (nSPS) is 12.8. The van der Waals surface area contributed by atoms with Crippen molar-refractivity contribution in [3.05, 3.63) is 18.3 Å². The third-order valence-corrected chi connectivity index (χ3v) is 2.93. The Morgan fingerprint density at radius 3 is 2.61 bits per heavy atom. The van der Waals surface area contributed by atoms with Crippen molar-refractivity contribution >= 4 is 21.6 Å². The van der Waals surface area contributed by atoms with Gasteiger partial charge in [0, 0.05) is 12.8 Å². The Bertz CT molecular complexity index is 510. The van der Waals surface area contributed by atoms with E-state index in [1.165, 1.54) is 18.3 Å². The van der Waals surface area contributed by atoms with E-state index in [1.54, 1.807) is 6.92 Å². The van der Waals surface area contributed by atoms with Gasteiger partial charge >= 0.3 is 6.03 Å². The van der Waals surface area contributed by atoms with Gasteiger partial charge in [-0.15, -0.1) is 0 Å².